The summed E-state index contributed by atoms with van der Waals surface area (Å²) >= 11 is 0. The molecule has 3 aromatic rings. The fourth-order valence-corrected chi connectivity index (χ4v) is 5.07. The standard InChI is InChI=1S/C24H29N5O3/c1-15-26-14-22(32-15)16-3-4-17-13-27-23(10-18(17)9-16)28-24(30)29-20-5-6-21(29)12-19(11-20)25-7-8-31-2/h3-4,9-10,13-14,19-21,25H,5-8,11-12H2,1-2H3,(H,27,28,30)/t19-,20+,21-. The first kappa shape index (κ1) is 20.9. The number of urea groups is 1. The number of amides is 2. The topological polar surface area (TPSA) is 92.5 Å². The summed E-state index contributed by atoms with van der Waals surface area (Å²) in [4.78, 5) is 23.8. The molecule has 32 heavy (non-hydrogen) atoms. The third kappa shape index (κ3) is 4.20. The molecule has 4 heterocycles. The Bertz CT molecular complexity index is 1100. The number of carbonyl (C=O) groups is 1. The summed E-state index contributed by atoms with van der Waals surface area (Å²) in [5.74, 6) is 1.92. The zero-order chi connectivity index (χ0) is 22.1. The predicted octanol–water partition coefficient (Wildman–Crippen LogP) is 3.96. The average Bonchev–Trinajstić information content (AvgIpc) is 3.34. The monoisotopic (exact) mass is 435 g/mol. The molecule has 0 aliphatic carbocycles. The van der Waals surface area contributed by atoms with Crippen LogP contribution in [0.4, 0.5) is 10.6 Å². The van der Waals surface area contributed by atoms with E-state index in [1.54, 1.807) is 19.5 Å². The molecular weight excluding hydrogens is 406 g/mol. The molecule has 2 amide bonds. The number of aryl methyl sites for hydroxylation is 1. The smallest absolute Gasteiger partial charge is 0.323 e. The van der Waals surface area contributed by atoms with E-state index in [-0.39, 0.29) is 18.1 Å². The van der Waals surface area contributed by atoms with Crippen LogP contribution in [0.3, 0.4) is 0 Å². The highest BCUT2D eigenvalue weighted by molar-refractivity contribution is 5.93. The second-order valence-electron chi connectivity index (χ2n) is 8.71. The van der Waals surface area contributed by atoms with Crippen molar-refractivity contribution < 1.29 is 13.9 Å². The first-order valence-electron chi connectivity index (χ1n) is 11.2. The molecule has 2 fully saturated rings. The van der Waals surface area contributed by atoms with Gasteiger partial charge >= 0.3 is 6.03 Å². The quantitative estimate of drug-likeness (QED) is 0.570. The lowest BCUT2D eigenvalue weighted by molar-refractivity contribution is 0.135. The van der Waals surface area contributed by atoms with E-state index >= 15 is 0 Å². The van der Waals surface area contributed by atoms with Crippen LogP contribution in [0.5, 0.6) is 0 Å². The van der Waals surface area contributed by atoms with Gasteiger partial charge in [0.2, 0.25) is 0 Å². The van der Waals surface area contributed by atoms with Gasteiger partial charge < -0.3 is 19.4 Å². The number of methoxy groups -OCH3 is 1. The number of pyridine rings is 1. The molecule has 0 radical (unpaired) electrons. The van der Waals surface area contributed by atoms with E-state index in [4.69, 9.17) is 9.15 Å². The van der Waals surface area contributed by atoms with Crippen molar-refractivity contribution in [3.63, 3.8) is 0 Å². The van der Waals surface area contributed by atoms with Gasteiger partial charge in [-0.25, -0.2) is 14.8 Å². The maximum Gasteiger partial charge on any atom is 0.323 e. The highest BCUT2D eigenvalue weighted by Gasteiger charge is 2.43. The molecule has 2 aliphatic rings. The Labute approximate surface area is 187 Å². The highest BCUT2D eigenvalue weighted by atomic mass is 16.5. The number of benzene rings is 1. The van der Waals surface area contributed by atoms with Crippen LogP contribution in [0.15, 0.2) is 41.1 Å². The summed E-state index contributed by atoms with van der Waals surface area (Å²) in [6.07, 6.45) is 7.61. The van der Waals surface area contributed by atoms with Gasteiger partial charge in [0.1, 0.15) is 5.82 Å². The Morgan fingerprint density at radius 1 is 1.16 bits per heavy atom. The summed E-state index contributed by atoms with van der Waals surface area (Å²) in [6, 6.07) is 8.89. The fourth-order valence-electron chi connectivity index (χ4n) is 5.07. The molecule has 2 bridgehead atoms. The Morgan fingerprint density at radius 3 is 2.69 bits per heavy atom. The lowest BCUT2D eigenvalue weighted by atomic mass is 9.97. The van der Waals surface area contributed by atoms with Crippen molar-refractivity contribution in [2.24, 2.45) is 0 Å². The minimum absolute atomic E-state index is 0.0540. The third-order valence-electron chi connectivity index (χ3n) is 6.57. The number of aromatic nitrogens is 2. The number of fused-ring (bicyclic) bond motifs is 3. The molecule has 3 atom stereocenters. The van der Waals surface area contributed by atoms with Gasteiger partial charge in [-0.1, -0.05) is 12.1 Å². The average molecular weight is 436 g/mol. The number of hydrogen-bond acceptors (Lipinski definition) is 6. The molecule has 0 unspecified atom stereocenters. The number of carbonyl (C=O) groups excluding carboxylic acids is 1. The molecule has 8 nitrogen and oxygen atoms in total. The molecule has 1 aromatic carbocycles. The van der Waals surface area contributed by atoms with E-state index in [1.807, 2.05) is 36.1 Å². The van der Waals surface area contributed by atoms with Gasteiger partial charge in [0, 0.05) is 55.9 Å². The van der Waals surface area contributed by atoms with Crippen LogP contribution in [0, 0.1) is 6.92 Å². The summed E-state index contributed by atoms with van der Waals surface area (Å²) < 4.78 is 10.8. The van der Waals surface area contributed by atoms with Crippen molar-refractivity contribution in [1.82, 2.24) is 20.2 Å². The van der Waals surface area contributed by atoms with Crippen molar-refractivity contribution in [3.05, 3.63) is 42.5 Å². The van der Waals surface area contributed by atoms with Gasteiger partial charge in [-0.15, -0.1) is 0 Å². The van der Waals surface area contributed by atoms with E-state index in [2.05, 4.69) is 20.6 Å². The number of oxazole rings is 1. The van der Waals surface area contributed by atoms with Crippen molar-refractivity contribution in [2.45, 2.75) is 50.7 Å². The van der Waals surface area contributed by atoms with Crippen LogP contribution in [0.2, 0.25) is 0 Å². The molecular formula is C24H29N5O3. The zero-order valence-corrected chi connectivity index (χ0v) is 18.5. The van der Waals surface area contributed by atoms with Crippen LogP contribution >= 0.6 is 0 Å². The first-order chi connectivity index (χ1) is 15.6. The SMILES string of the molecule is COCCN[C@H]1C[C@H]2CC[C@@H](C1)N2C(=O)Nc1cc2cc(-c3cnc(C)o3)ccc2cn1. The van der Waals surface area contributed by atoms with Crippen LogP contribution in [0.25, 0.3) is 22.1 Å². The summed E-state index contributed by atoms with van der Waals surface area (Å²) in [6.45, 7) is 3.39. The van der Waals surface area contributed by atoms with Gasteiger partial charge in [0.25, 0.3) is 0 Å². The van der Waals surface area contributed by atoms with Gasteiger partial charge in [-0.05, 0) is 43.2 Å². The number of anilines is 1. The van der Waals surface area contributed by atoms with E-state index in [0.29, 0.717) is 24.4 Å². The number of piperidine rings is 1. The van der Waals surface area contributed by atoms with Crippen LogP contribution < -0.4 is 10.6 Å². The second-order valence-corrected chi connectivity index (χ2v) is 8.71. The number of nitrogens with one attached hydrogen (secondary N) is 2. The Hall–Kier alpha value is -2.97. The normalized spacial score (nSPS) is 22.4. The van der Waals surface area contributed by atoms with E-state index in [9.17, 15) is 4.79 Å². The second kappa shape index (κ2) is 8.88. The van der Waals surface area contributed by atoms with Crippen LogP contribution in [-0.2, 0) is 4.74 Å². The van der Waals surface area contributed by atoms with Crippen molar-refractivity contribution in [2.75, 3.05) is 25.6 Å². The molecule has 2 N–H and O–H groups in total. The number of nitrogens with zero attached hydrogens (tertiary/aromatic N) is 3. The molecule has 0 spiro atoms. The van der Waals surface area contributed by atoms with Crippen molar-refractivity contribution >= 4 is 22.6 Å². The van der Waals surface area contributed by atoms with E-state index in [0.717, 1.165) is 54.3 Å². The van der Waals surface area contributed by atoms with Gasteiger partial charge in [-0.3, -0.25) is 5.32 Å². The minimum Gasteiger partial charge on any atom is -0.441 e. The molecule has 0 saturated carbocycles. The Balaban J connectivity index is 1.28. The van der Waals surface area contributed by atoms with E-state index < -0.39 is 0 Å². The maximum atomic E-state index is 13.1. The summed E-state index contributed by atoms with van der Waals surface area (Å²) in [7, 11) is 1.72. The largest absolute Gasteiger partial charge is 0.441 e. The van der Waals surface area contributed by atoms with Crippen molar-refractivity contribution in [3.8, 4) is 11.3 Å². The van der Waals surface area contributed by atoms with Gasteiger partial charge in [-0.2, -0.15) is 0 Å². The molecule has 168 valence electrons. The third-order valence-corrected chi connectivity index (χ3v) is 6.57. The fraction of sp³-hybridized carbons (Fsp3) is 0.458. The first-order valence-corrected chi connectivity index (χ1v) is 11.2. The zero-order valence-electron chi connectivity index (χ0n) is 18.5. The Kier molecular flexibility index (Phi) is 5.80. The minimum atomic E-state index is -0.0540. The van der Waals surface area contributed by atoms with Crippen LogP contribution in [-0.4, -0.2) is 59.3 Å². The lowest BCUT2D eigenvalue weighted by Gasteiger charge is -2.39. The predicted molar refractivity (Wildman–Crippen MR) is 123 cm³/mol. The molecule has 8 heteroatoms. The highest BCUT2D eigenvalue weighted by Crippen LogP contribution is 2.36. The lowest BCUT2D eigenvalue weighted by Crippen LogP contribution is -2.53. The van der Waals surface area contributed by atoms with Crippen LogP contribution in [0.1, 0.15) is 31.6 Å². The van der Waals surface area contributed by atoms with Gasteiger partial charge in [0.15, 0.2) is 11.7 Å². The summed E-state index contributed by atoms with van der Waals surface area (Å²) in [5, 5.41) is 8.60. The number of ether oxygens (including phenoxy) is 1. The van der Waals surface area contributed by atoms with Gasteiger partial charge in [0.05, 0.1) is 12.8 Å². The number of hydrogen-bond donors (Lipinski definition) is 2. The molecule has 2 aliphatic heterocycles. The summed E-state index contributed by atoms with van der Waals surface area (Å²) in [5.41, 5.74) is 0.947. The molecule has 2 aromatic heterocycles. The maximum absolute atomic E-state index is 13.1. The van der Waals surface area contributed by atoms with Crippen molar-refractivity contribution in [1.29, 1.82) is 0 Å². The Morgan fingerprint density at radius 2 is 1.97 bits per heavy atom. The van der Waals surface area contributed by atoms with E-state index in [1.165, 1.54) is 0 Å². The number of rotatable bonds is 6. The molecule has 2 saturated heterocycles. The molecule has 5 rings (SSSR count).